The molecule has 3 aliphatic rings. The highest BCUT2D eigenvalue weighted by atomic mass is 16.6. The zero-order chi connectivity index (χ0) is 38.6. The normalized spacial score (nSPS) is 20.9. The first-order valence-electron chi connectivity index (χ1n) is 18.8. The summed E-state index contributed by atoms with van der Waals surface area (Å²) in [4.78, 5) is 28.5. The van der Waals surface area contributed by atoms with Crippen LogP contribution in [0.2, 0.25) is 0 Å². The van der Waals surface area contributed by atoms with Gasteiger partial charge in [-0.1, -0.05) is 133 Å². The second-order valence-electron chi connectivity index (χ2n) is 14.2. The second-order valence-corrected chi connectivity index (χ2v) is 14.2. The first-order valence-corrected chi connectivity index (χ1v) is 18.8. The molecule has 282 valence electrons. The van der Waals surface area contributed by atoms with Crippen molar-refractivity contribution in [3.05, 3.63) is 224 Å². The third-order valence-corrected chi connectivity index (χ3v) is 11.1. The Hall–Kier alpha value is -6.56. The maximum atomic E-state index is 13.7. The average molecular weight is 757 g/mol. The van der Waals surface area contributed by atoms with Gasteiger partial charge in [-0.3, -0.25) is 14.3 Å². The van der Waals surface area contributed by atoms with E-state index in [1.165, 1.54) is 16.8 Å². The molecule has 3 aliphatic heterocycles. The van der Waals surface area contributed by atoms with Gasteiger partial charge >= 0.3 is 5.69 Å². The maximum absolute atomic E-state index is 13.7. The van der Waals surface area contributed by atoms with Crippen LogP contribution >= 0.6 is 0 Å². The molecule has 0 bridgehead atoms. The number of ether oxygens (including phenoxy) is 5. The monoisotopic (exact) mass is 756 g/mol. The van der Waals surface area contributed by atoms with Gasteiger partial charge in [-0.25, -0.2) is 4.79 Å². The largest absolute Gasteiger partial charge is 0.457 e. The van der Waals surface area contributed by atoms with Crippen molar-refractivity contribution >= 4 is 0 Å². The number of hydrogen-bond acceptors (Lipinski definition) is 8. The highest BCUT2D eigenvalue weighted by Crippen LogP contribution is 2.57. The lowest BCUT2D eigenvalue weighted by molar-refractivity contribution is -0.159. The fourth-order valence-electron chi connectivity index (χ4n) is 8.65. The number of H-pyrrole nitrogens is 1. The molecular weight excluding hydrogens is 721 g/mol. The van der Waals surface area contributed by atoms with E-state index in [9.17, 15) is 14.7 Å². The predicted molar refractivity (Wildman–Crippen MR) is 211 cm³/mol. The van der Waals surface area contributed by atoms with Crippen LogP contribution in [0.15, 0.2) is 180 Å². The molecule has 1 aromatic heterocycles. The van der Waals surface area contributed by atoms with Crippen molar-refractivity contribution in [2.75, 3.05) is 6.61 Å². The minimum absolute atomic E-state index is 0.488. The lowest BCUT2D eigenvalue weighted by Crippen LogP contribution is -2.50. The van der Waals surface area contributed by atoms with Crippen molar-refractivity contribution in [1.29, 1.82) is 0 Å². The molecule has 0 radical (unpaired) electrons. The highest BCUT2D eigenvalue weighted by Gasteiger charge is 2.58. The number of aromatic amines is 1. The minimum atomic E-state index is -1.36. The topological polar surface area (TPSA) is 121 Å². The van der Waals surface area contributed by atoms with Gasteiger partial charge in [0, 0.05) is 34.5 Å². The van der Waals surface area contributed by atoms with Gasteiger partial charge in [0.15, 0.2) is 17.4 Å². The number of rotatable bonds is 8. The van der Waals surface area contributed by atoms with Crippen LogP contribution in [0.3, 0.4) is 0 Å². The van der Waals surface area contributed by atoms with E-state index < -0.39 is 53.6 Å². The molecular formula is C47H36N2O8. The summed E-state index contributed by atoms with van der Waals surface area (Å²) in [6, 6.07) is 51.7. The Balaban J connectivity index is 1.25. The number of aliphatic hydroxyl groups is 1. The third-order valence-electron chi connectivity index (χ3n) is 11.1. The molecule has 2 N–H and O–H groups in total. The van der Waals surface area contributed by atoms with Gasteiger partial charge in [0.1, 0.15) is 41.3 Å². The van der Waals surface area contributed by atoms with Crippen LogP contribution in [0.25, 0.3) is 0 Å². The SMILES string of the molecule is O=c1ccn([C@@H]2O[C@H](CO)[C@@H](OC3(c4ccccc4)c4ccccc4Oc4ccccc43)[C@H]2OC2(c3ccccc3)c3ccccc3Oc3ccccc32)c(=O)[nH]1. The zero-order valence-electron chi connectivity index (χ0n) is 30.4. The quantitative estimate of drug-likeness (QED) is 0.165. The van der Waals surface area contributed by atoms with E-state index >= 15 is 0 Å². The van der Waals surface area contributed by atoms with Crippen molar-refractivity contribution < 1.29 is 28.8 Å². The van der Waals surface area contributed by atoms with Crippen LogP contribution in [0.4, 0.5) is 0 Å². The molecule has 4 atom stereocenters. The van der Waals surface area contributed by atoms with Crippen LogP contribution in [-0.4, -0.2) is 39.6 Å². The number of hydrogen-bond donors (Lipinski definition) is 2. The number of fused-ring (bicyclic) bond motifs is 4. The van der Waals surface area contributed by atoms with Crippen LogP contribution in [0.5, 0.6) is 23.0 Å². The first-order chi connectivity index (χ1) is 28.0. The first kappa shape index (κ1) is 34.9. The second kappa shape index (κ2) is 13.9. The van der Waals surface area contributed by atoms with Crippen LogP contribution in [0.1, 0.15) is 39.6 Å². The fourth-order valence-corrected chi connectivity index (χ4v) is 8.65. The molecule has 0 saturated carbocycles. The summed E-state index contributed by atoms with van der Waals surface area (Å²) < 4.78 is 36.5. The van der Waals surface area contributed by atoms with E-state index in [1.54, 1.807) is 0 Å². The molecule has 0 spiro atoms. The summed E-state index contributed by atoms with van der Waals surface area (Å²) in [5.41, 5.74) is 0.516. The number of aromatic nitrogens is 2. The summed E-state index contributed by atoms with van der Waals surface area (Å²) in [5, 5.41) is 11.3. The van der Waals surface area contributed by atoms with Crippen LogP contribution < -0.4 is 20.7 Å². The molecule has 10 nitrogen and oxygen atoms in total. The summed E-state index contributed by atoms with van der Waals surface area (Å²) in [6.45, 7) is -0.488. The van der Waals surface area contributed by atoms with Crippen molar-refractivity contribution in [1.82, 2.24) is 9.55 Å². The van der Waals surface area contributed by atoms with Crippen molar-refractivity contribution in [2.45, 2.75) is 35.7 Å². The lowest BCUT2D eigenvalue weighted by atomic mass is 9.77. The van der Waals surface area contributed by atoms with E-state index in [-0.39, 0.29) is 0 Å². The molecule has 4 heterocycles. The van der Waals surface area contributed by atoms with Gasteiger partial charge in [-0.05, 0) is 35.4 Å². The molecule has 0 amide bonds. The summed E-state index contributed by atoms with van der Waals surface area (Å²) in [6.07, 6.45) is -3.04. The minimum Gasteiger partial charge on any atom is -0.457 e. The Labute approximate surface area is 327 Å². The Morgan fingerprint density at radius 2 is 0.947 bits per heavy atom. The molecule has 0 aliphatic carbocycles. The predicted octanol–water partition coefficient (Wildman–Crippen LogP) is 7.39. The lowest BCUT2D eigenvalue weighted by Gasteiger charge is -2.46. The van der Waals surface area contributed by atoms with Gasteiger partial charge in [0.25, 0.3) is 5.56 Å². The number of nitrogens with zero attached hydrogens (tertiary/aromatic N) is 1. The molecule has 10 rings (SSSR count). The maximum Gasteiger partial charge on any atom is 0.330 e. The zero-order valence-corrected chi connectivity index (χ0v) is 30.4. The molecule has 1 saturated heterocycles. The summed E-state index contributed by atoms with van der Waals surface area (Å²) >= 11 is 0. The smallest absolute Gasteiger partial charge is 0.330 e. The number of benzene rings is 6. The molecule has 10 heteroatoms. The van der Waals surface area contributed by atoms with Crippen LogP contribution in [0, 0.1) is 0 Å². The highest BCUT2D eigenvalue weighted by molar-refractivity contribution is 5.63. The van der Waals surface area contributed by atoms with Gasteiger partial charge < -0.3 is 28.8 Å². The number of para-hydroxylation sites is 4. The summed E-state index contributed by atoms with van der Waals surface area (Å²) in [7, 11) is 0. The van der Waals surface area contributed by atoms with E-state index in [4.69, 9.17) is 23.7 Å². The van der Waals surface area contributed by atoms with Gasteiger partial charge in [0.05, 0.1) is 6.61 Å². The Morgan fingerprint density at radius 1 is 0.544 bits per heavy atom. The Kier molecular flexibility index (Phi) is 8.49. The van der Waals surface area contributed by atoms with E-state index in [1.807, 2.05) is 158 Å². The molecule has 0 unspecified atom stereocenters. The number of aliphatic hydroxyl groups excluding tert-OH is 1. The van der Waals surface area contributed by atoms with E-state index in [0.717, 1.165) is 22.3 Å². The molecule has 7 aromatic rings. The summed E-state index contributed by atoms with van der Waals surface area (Å²) in [5.74, 6) is 2.36. The Morgan fingerprint density at radius 3 is 1.37 bits per heavy atom. The Bertz CT molecular complexity index is 2620. The van der Waals surface area contributed by atoms with Crippen molar-refractivity contribution in [3.63, 3.8) is 0 Å². The van der Waals surface area contributed by atoms with Gasteiger partial charge in [0.2, 0.25) is 0 Å². The third kappa shape index (κ3) is 5.48. The molecule has 57 heavy (non-hydrogen) atoms. The number of nitrogens with one attached hydrogen (secondary N) is 1. The fraction of sp³-hybridized carbons (Fsp3) is 0.149. The standard InChI is InChI=1S/C47H36N2O8/c50-29-40-42(56-46(30-15-3-1-4-16-30)32-19-7-11-23-36(32)53-37-24-12-8-20-33(37)46)43(44(55-40)49-28-27-41(51)48-45(49)52)57-47(31-17-5-2-6-18-31)34-21-9-13-25-38(34)54-39-26-14-10-22-35(39)47/h1-28,40,42-44,50H,29H2,(H,48,51,52)/t40-,42-,43-,44-/m1/s1. The van der Waals surface area contributed by atoms with Crippen molar-refractivity contribution in [2.24, 2.45) is 0 Å². The van der Waals surface area contributed by atoms with Gasteiger partial charge in [-0.15, -0.1) is 0 Å². The van der Waals surface area contributed by atoms with E-state index in [2.05, 4.69) is 4.98 Å². The molecule has 6 aromatic carbocycles. The van der Waals surface area contributed by atoms with Crippen LogP contribution in [-0.2, 0) is 25.4 Å². The van der Waals surface area contributed by atoms with Gasteiger partial charge in [-0.2, -0.15) is 0 Å². The average Bonchev–Trinajstić information content (AvgIpc) is 3.59. The van der Waals surface area contributed by atoms with Crippen molar-refractivity contribution in [3.8, 4) is 23.0 Å². The molecule has 1 fully saturated rings. The van der Waals surface area contributed by atoms with E-state index in [0.29, 0.717) is 34.1 Å².